The van der Waals surface area contributed by atoms with Gasteiger partial charge in [0, 0.05) is 26.1 Å². The summed E-state index contributed by atoms with van der Waals surface area (Å²) in [6.45, 7) is -0.0301. The van der Waals surface area contributed by atoms with Crippen molar-refractivity contribution in [1.29, 1.82) is 0 Å². The number of carbonyl (C=O) groups excluding carboxylic acids is 2. The summed E-state index contributed by atoms with van der Waals surface area (Å²) in [6, 6.07) is 3.87. The zero-order chi connectivity index (χ0) is 22.1. The molecule has 1 fully saturated rings. The number of nitrogens with zero attached hydrogens (tertiary/aromatic N) is 5. The number of hydrogen-bond acceptors (Lipinski definition) is 5. The lowest BCUT2D eigenvalue weighted by Gasteiger charge is -2.24. The van der Waals surface area contributed by atoms with Crippen LogP contribution in [-0.4, -0.2) is 75.8 Å². The van der Waals surface area contributed by atoms with Crippen LogP contribution in [0.1, 0.15) is 27.3 Å². The van der Waals surface area contributed by atoms with Crippen molar-refractivity contribution in [3.8, 4) is 5.75 Å². The number of carbonyl (C=O) groups is 2. The molecule has 1 saturated heterocycles. The van der Waals surface area contributed by atoms with Crippen LogP contribution in [0.5, 0.6) is 5.75 Å². The summed E-state index contributed by atoms with van der Waals surface area (Å²) >= 11 is 0. The van der Waals surface area contributed by atoms with Gasteiger partial charge in [0.15, 0.2) is 5.69 Å². The van der Waals surface area contributed by atoms with E-state index >= 15 is 0 Å². The first-order chi connectivity index (χ1) is 14.0. The molecule has 2 atom stereocenters. The fourth-order valence-corrected chi connectivity index (χ4v) is 3.18. The quantitative estimate of drug-likeness (QED) is 0.681. The molecule has 0 unspecified atom stereocenters. The largest absolute Gasteiger partial charge is 0.573 e. The molecule has 0 radical (unpaired) electrons. The monoisotopic (exact) mass is 429 g/mol. The summed E-state index contributed by atoms with van der Waals surface area (Å²) < 4.78 is 56.0. The van der Waals surface area contributed by atoms with Crippen LogP contribution in [-0.2, 0) is 6.54 Å². The Kier molecular flexibility index (Phi) is 5.94. The third-order valence-corrected chi connectivity index (χ3v) is 4.52. The minimum Gasteiger partial charge on any atom is -0.406 e. The lowest BCUT2D eigenvalue weighted by atomic mass is 10.1. The highest BCUT2D eigenvalue weighted by Gasteiger charge is 2.36. The molecule has 1 aliphatic heterocycles. The number of hydrogen-bond donors (Lipinski definition) is 0. The van der Waals surface area contributed by atoms with Crippen molar-refractivity contribution in [1.82, 2.24) is 24.8 Å². The number of amides is 2. The van der Waals surface area contributed by atoms with Crippen molar-refractivity contribution in [2.75, 3.05) is 20.6 Å². The van der Waals surface area contributed by atoms with E-state index in [4.69, 9.17) is 0 Å². The molecular weight excluding hydrogens is 410 g/mol. The van der Waals surface area contributed by atoms with Crippen LogP contribution in [0.4, 0.5) is 17.6 Å². The molecule has 12 heteroatoms. The normalized spacial score (nSPS) is 19.1. The number of ether oxygens (including phenoxy) is 1. The van der Waals surface area contributed by atoms with Gasteiger partial charge in [-0.1, -0.05) is 5.21 Å². The van der Waals surface area contributed by atoms with Crippen LogP contribution in [0.3, 0.4) is 0 Å². The highest BCUT2D eigenvalue weighted by Crippen LogP contribution is 2.26. The number of alkyl halides is 4. The molecule has 1 aromatic heterocycles. The Hall–Kier alpha value is -3.18. The molecule has 30 heavy (non-hydrogen) atoms. The predicted molar refractivity (Wildman–Crippen MR) is 95.5 cm³/mol. The molecule has 162 valence electrons. The van der Waals surface area contributed by atoms with E-state index in [1.54, 1.807) is 14.1 Å². The lowest BCUT2D eigenvalue weighted by molar-refractivity contribution is -0.274. The van der Waals surface area contributed by atoms with Crippen molar-refractivity contribution in [3.05, 3.63) is 41.7 Å². The number of aromatic nitrogens is 3. The minimum absolute atomic E-state index is 0.0673. The van der Waals surface area contributed by atoms with Gasteiger partial charge in [-0.2, -0.15) is 0 Å². The Balaban J connectivity index is 1.71. The highest BCUT2D eigenvalue weighted by atomic mass is 19.4. The van der Waals surface area contributed by atoms with E-state index < -0.39 is 30.2 Å². The number of benzene rings is 1. The van der Waals surface area contributed by atoms with Crippen molar-refractivity contribution in [3.63, 3.8) is 0 Å². The Bertz CT molecular complexity index is 913. The van der Waals surface area contributed by atoms with Gasteiger partial charge in [0.2, 0.25) is 0 Å². The van der Waals surface area contributed by atoms with Crippen molar-refractivity contribution < 1.29 is 31.9 Å². The highest BCUT2D eigenvalue weighted by molar-refractivity contribution is 5.94. The van der Waals surface area contributed by atoms with Crippen molar-refractivity contribution in [2.24, 2.45) is 0 Å². The summed E-state index contributed by atoms with van der Waals surface area (Å²) in [5.41, 5.74) is 0.221. The third kappa shape index (κ3) is 5.05. The van der Waals surface area contributed by atoms with Gasteiger partial charge in [0.1, 0.15) is 11.9 Å². The van der Waals surface area contributed by atoms with E-state index in [1.807, 2.05) is 0 Å². The zero-order valence-corrected chi connectivity index (χ0v) is 16.1. The Morgan fingerprint density at radius 1 is 1.23 bits per heavy atom. The maximum atomic E-state index is 14.0. The Morgan fingerprint density at radius 2 is 1.90 bits per heavy atom. The molecule has 2 amide bonds. The molecule has 3 rings (SSSR count). The van der Waals surface area contributed by atoms with Gasteiger partial charge >= 0.3 is 6.36 Å². The molecule has 0 N–H and O–H groups in total. The molecular formula is C18H19F4N5O3. The average Bonchev–Trinajstić information content (AvgIpc) is 3.26. The van der Waals surface area contributed by atoms with Gasteiger partial charge < -0.3 is 14.5 Å². The SMILES string of the molecule is CN(C)C(=O)c1cn(C[C@@H]2C[C@H](F)CN2C(=O)c2ccc(OC(F)(F)F)cc2)nn1. The fourth-order valence-electron chi connectivity index (χ4n) is 3.18. The van der Waals surface area contributed by atoms with Gasteiger partial charge in [0.25, 0.3) is 11.8 Å². The van der Waals surface area contributed by atoms with Crippen molar-refractivity contribution in [2.45, 2.75) is 31.5 Å². The van der Waals surface area contributed by atoms with Crippen LogP contribution in [0.25, 0.3) is 0 Å². The summed E-state index contributed by atoms with van der Waals surface area (Å²) in [6.07, 6.45) is -4.60. The molecule has 0 bridgehead atoms. The van der Waals surface area contributed by atoms with Crippen LogP contribution >= 0.6 is 0 Å². The summed E-state index contributed by atoms with van der Waals surface area (Å²) in [5, 5.41) is 7.64. The average molecular weight is 429 g/mol. The van der Waals surface area contributed by atoms with E-state index in [1.165, 1.54) is 32.8 Å². The standard InChI is InChI=1S/C18H19F4N5O3/c1-25(2)17(29)15-10-26(24-23-15)9-13-7-12(19)8-27(13)16(28)11-3-5-14(6-4-11)30-18(20,21)22/h3-6,10,12-13H,7-9H2,1-2H3/t12-,13-/m0/s1. The lowest BCUT2D eigenvalue weighted by Crippen LogP contribution is -2.38. The maximum absolute atomic E-state index is 14.0. The first kappa shape index (κ1) is 21.5. The third-order valence-electron chi connectivity index (χ3n) is 4.52. The number of halogens is 4. The number of rotatable bonds is 5. The van der Waals surface area contributed by atoms with E-state index in [2.05, 4.69) is 15.0 Å². The fraction of sp³-hybridized carbons (Fsp3) is 0.444. The second kappa shape index (κ2) is 8.28. The first-order valence-electron chi connectivity index (χ1n) is 8.96. The van der Waals surface area contributed by atoms with Gasteiger partial charge in [-0.15, -0.1) is 18.3 Å². The summed E-state index contributed by atoms with van der Waals surface area (Å²) in [5.74, 6) is -1.32. The van der Waals surface area contributed by atoms with Crippen LogP contribution in [0.15, 0.2) is 30.5 Å². The van der Waals surface area contributed by atoms with Gasteiger partial charge in [0.05, 0.1) is 25.3 Å². The molecule has 8 nitrogen and oxygen atoms in total. The van der Waals surface area contributed by atoms with Gasteiger partial charge in [-0.3, -0.25) is 9.59 Å². The van der Waals surface area contributed by atoms with E-state index in [9.17, 15) is 27.2 Å². The second-order valence-corrected chi connectivity index (χ2v) is 7.04. The second-order valence-electron chi connectivity index (χ2n) is 7.04. The van der Waals surface area contributed by atoms with E-state index in [0.717, 1.165) is 12.1 Å². The topological polar surface area (TPSA) is 80.6 Å². The maximum Gasteiger partial charge on any atom is 0.573 e. The summed E-state index contributed by atoms with van der Waals surface area (Å²) in [4.78, 5) is 27.3. The van der Waals surface area contributed by atoms with E-state index in [0.29, 0.717) is 0 Å². The molecule has 1 aliphatic rings. The van der Waals surface area contributed by atoms with Crippen LogP contribution in [0.2, 0.25) is 0 Å². The van der Waals surface area contributed by atoms with Gasteiger partial charge in [-0.25, -0.2) is 9.07 Å². The summed E-state index contributed by atoms with van der Waals surface area (Å²) in [7, 11) is 3.13. The van der Waals surface area contributed by atoms with Crippen molar-refractivity contribution >= 4 is 11.8 Å². The first-order valence-corrected chi connectivity index (χ1v) is 8.96. The molecule has 2 aromatic rings. The number of likely N-dealkylation sites (tertiary alicyclic amines) is 1. The Labute approximate surface area is 169 Å². The predicted octanol–water partition coefficient (Wildman–Crippen LogP) is 2.13. The van der Waals surface area contributed by atoms with Gasteiger partial charge in [-0.05, 0) is 24.3 Å². The Morgan fingerprint density at radius 3 is 2.50 bits per heavy atom. The molecule has 0 spiro atoms. The molecule has 0 aliphatic carbocycles. The van der Waals surface area contributed by atoms with Crippen LogP contribution < -0.4 is 4.74 Å². The van der Waals surface area contributed by atoms with E-state index in [-0.39, 0.29) is 36.7 Å². The zero-order valence-electron chi connectivity index (χ0n) is 16.1. The molecule has 0 saturated carbocycles. The minimum atomic E-state index is -4.84. The molecule has 2 heterocycles. The van der Waals surface area contributed by atoms with Crippen LogP contribution in [0, 0.1) is 0 Å². The molecule has 1 aromatic carbocycles. The smallest absolute Gasteiger partial charge is 0.406 e.